The van der Waals surface area contributed by atoms with E-state index < -0.39 is 5.60 Å². The van der Waals surface area contributed by atoms with E-state index in [2.05, 4.69) is 32.9 Å². The van der Waals surface area contributed by atoms with Crippen LogP contribution in [0.1, 0.15) is 27.2 Å². The topological polar surface area (TPSA) is 87.2 Å². The maximum atomic E-state index is 11.5. The number of aliphatic imine (C=N–C) groups is 1. The lowest BCUT2D eigenvalue weighted by Gasteiger charge is -2.30. The molecule has 0 saturated carbocycles. The van der Waals surface area contributed by atoms with Crippen LogP contribution in [0, 0.1) is 0 Å². The zero-order valence-corrected chi connectivity index (χ0v) is 15.6. The average molecular weight is 343 g/mol. The first-order valence-electron chi connectivity index (χ1n) is 8.51. The fourth-order valence-electron chi connectivity index (χ4n) is 2.22. The first-order chi connectivity index (χ1) is 11.3. The monoisotopic (exact) mass is 343 g/mol. The molecule has 0 aromatic carbocycles. The minimum absolute atomic E-state index is 0.177. The number of amides is 1. The Bertz CT molecular complexity index is 409. The van der Waals surface area contributed by atoms with E-state index >= 15 is 0 Å². The molecule has 1 aliphatic rings. The summed E-state index contributed by atoms with van der Waals surface area (Å²) in [5.74, 6) is 0.740. The molecule has 140 valence electrons. The van der Waals surface area contributed by atoms with Crippen LogP contribution in [0.5, 0.6) is 0 Å². The molecule has 1 aliphatic heterocycles. The molecule has 1 heterocycles. The number of morpholine rings is 1. The Morgan fingerprint density at radius 2 is 2.00 bits per heavy atom. The van der Waals surface area contributed by atoms with Gasteiger partial charge in [0.1, 0.15) is 5.60 Å². The molecule has 0 aromatic rings. The number of alkyl carbamates (subject to hydrolysis) is 1. The van der Waals surface area contributed by atoms with Gasteiger partial charge in [-0.2, -0.15) is 0 Å². The predicted octanol–water partition coefficient (Wildman–Crippen LogP) is 0.397. The van der Waals surface area contributed by atoms with E-state index in [0.717, 1.165) is 38.6 Å². The molecule has 0 aromatic heterocycles. The van der Waals surface area contributed by atoms with E-state index in [1.54, 1.807) is 7.05 Å². The molecular formula is C16H33N5O3. The second-order valence-corrected chi connectivity index (χ2v) is 6.92. The number of rotatable bonds is 6. The third-order valence-electron chi connectivity index (χ3n) is 3.38. The second kappa shape index (κ2) is 10.4. The Kier molecular flexibility index (Phi) is 8.84. The highest BCUT2D eigenvalue weighted by atomic mass is 16.6. The van der Waals surface area contributed by atoms with Gasteiger partial charge >= 0.3 is 6.09 Å². The molecule has 3 N–H and O–H groups in total. The molecule has 1 rings (SSSR count). The van der Waals surface area contributed by atoms with Gasteiger partial charge in [0.2, 0.25) is 0 Å². The number of carbonyl (C=O) groups excluding carboxylic acids is 1. The number of likely N-dealkylation sites (N-methyl/N-ethyl adjacent to an activating group) is 1. The molecule has 1 atom stereocenters. The zero-order valence-electron chi connectivity index (χ0n) is 15.6. The zero-order chi connectivity index (χ0) is 18.0. The molecule has 0 radical (unpaired) electrons. The molecule has 0 bridgehead atoms. The van der Waals surface area contributed by atoms with Gasteiger partial charge in [-0.25, -0.2) is 4.79 Å². The largest absolute Gasteiger partial charge is 0.444 e. The van der Waals surface area contributed by atoms with E-state index in [4.69, 9.17) is 9.47 Å². The van der Waals surface area contributed by atoms with Crippen LogP contribution in [-0.2, 0) is 9.47 Å². The van der Waals surface area contributed by atoms with Crippen molar-refractivity contribution in [2.75, 3.05) is 53.4 Å². The van der Waals surface area contributed by atoms with Gasteiger partial charge in [0.25, 0.3) is 0 Å². The normalized spacial score (nSPS) is 19.7. The van der Waals surface area contributed by atoms with Crippen LogP contribution < -0.4 is 16.0 Å². The van der Waals surface area contributed by atoms with Gasteiger partial charge < -0.3 is 30.3 Å². The molecule has 8 heteroatoms. The highest BCUT2D eigenvalue weighted by Crippen LogP contribution is 2.06. The van der Waals surface area contributed by atoms with Crippen molar-refractivity contribution >= 4 is 12.1 Å². The molecule has 24 heavy (non-hydrogen) atoms. The highest BCUT2D eigenvalue weighted by molar-refractivity contribution is 5.79. The first kappa shape index (κ1) is 20.5. The van der Waals surface area contributed by atoms with Gasteiger partial charge in [0.15, 0.2) is 5.96 Å². The fraction of sp³-hybridized carbons (Fsp3) is 0.875. The maximum Gasteiger partial charge on any atom is 0.407 e. The number of nitrogens with zero attached hydrogens (tertiary/aromatic N) is 2. The van der Waals surface area contributed by atoms with Crippen molar-refractivity contribution in [1.82, 2.24) is 20.9 Å². The molecule has 1 fully saturated rings. The van der Waals surface area contributed by atoms with Crippen molar-refractivity contribution < 1.29 is 14.3 Å². The lowest BCUT2D eigenvalue weighted by atomic mass is 10.2. The molecule has 0 spiro atoms. The first-order valence-corrected chi connectivity index (χ1v) is 8.51. The summed E-state index contributed by atoms with van der Waals surface area (Å²) in [6, 6.07) is 0. The second-order valence-electron chi connectivity index (χ2n) is 6.92. The molecule has 1 unspecified atom stereocenters. The Morgan fingerprint density at radius 1 is 1.29 bits per heavy atom. The van der Waals surface area contributed by atoms with Crippen LogP contribution in [0.3, 0.4) is 0 Å². The third kappa shape index (κ3) is 9.57. The standard InChI is InChI=1S/C16H33N5O3/c1-16(2,3)24-15(22)19-8-6-7-18-14(17-4)20-11-13-12-21(5)9-10-23-13/h13H,6-12H2,1-5H3,(H,19,22)(H2,17,18,20). The summed E-state index contributed by atoms with van der Waals surface area (Å²) in [5.41, 5.74) is -0.469. The third-order valence-corrected chi connectivity index (χ3v) is 3.38. The predicted molar refractivity (Wildman–Crippen MR) is 95.5 cm³/mol. The minimum atomic E-state index is -0.469. The van der Waals surface area contributed by atoms with Crippen LogP contribution in [0.15, 0.2) is 4.99 Å². The Hall–Kier alpha value is -1.54. The Labute approximate surface area is 145 Å². The van der Waals surface area contributed by atoms with Crippen molar-refractivity contribution in [3.63, 3.8) is 0 Å². The SMILES string of the molecule is CN=C(NCCCNC(=O)OC(C)(C)C)NCC1CN(C)CCO1. The van der Waals surface area contributed by atoms with E-state index in [1.165, 1.54) is 0 Å². The Morgan fingerprint density at radius 3 is 2.62 bits per heavy atom. The Balaban J connectivity index is 2.10. The van der Waals surface area contributed by atoms with Crippen LogP contribution in [-0.4, -0.2) is 82.1 Å². The quantitative estimate of drug-likeness (QED) is 0.368. The number of nitrogens with one attached hydrogen (secondary N) is 3. The van der Waals surface area contributed by atoms with E-state index in [-0.39, 0.29) is 12.2 Å². The van der Waals surface area contributed by atoms with Crippen LogP contribution in [0.2, 0.25) is 0 Å². The minimum Gasteiger partial charge on any atom is -0.444 e. The summed E-state index contributed by atoms with van der Waals surface area (Å²) in [7, 11) is 3.84. The number of hydrogen-bond acceptors (Lipinski definition) is 5. The van der Waals surface area contributed by atoms with Crippen LogP contribution in [0.25, 0.3) is 0 Å². The van der Waals surface area contributed by atoms with Crippen molar-refractivity contribution in [3.8, 4) is 0 Å². The average Bonchev–Trinajstić information content (AvgIpc) is 2.48. The van der Waals surface area contributed by atoms with Crippen molar-refractivity contribution in [3.05, 3.63) is 0 Å². The summed E-state index contributed by atoms with van der Waals surface area (Å²) in [6.45, 7) is 10.2. The lowest BCUT2D eigenvalue weighted by Crippen LogP contribution is -2.48. The van der Waals surface area contributed by atoms with Crippen LogP contribution in [0.4, 0.5) is 4.79 Å². The summed E-state index contributed by atoms with van der Waals surface area (Å²) in [5, 5.41) is 9.22. The fourth-order valence-corrected chi connectivity index (χ4v) is 2.22. The van der Waals surface area contributed by atoms with Gasteiger partial charge in [-0.1, -0.05) is 0 Å². The summed E-state index contributed by atoms with van der Waals surface area (Å²) < 4.78 is 10.9. The van der Waals surface area contributed by atoms with E-state index in [0.29, 0.717) is 13.1 Å². The smallest absolute Gasteiger partial charge is 0.407 e. The van der Waals surface area contributed by atoms with E-state index in [1.807, 2.05) is 20.8 Å². The van der Waals surface area contributed by atoms with Crippen molar-refractivity contribution in [2.24, 2.45) is 4.99 Å². The number of guanidine groups is 1. The van der Waals surface area contributed by atoms with Crippen molar-refractivity contribution in [1.29, 1.82) is 0 Å². The molecule has 8 nitrogen and oxygen atoms in total. The summed E-state index contributed by atoms with van der Waals surface area (Å²) >= 11 is 0. The van der Waals surface area contributed by atoms with Crippen LogP contribution >= 0.6 is 0 Å². The number of carbonyl (C=O) groups is 1. The number of hydrogen-bond donors (Lipinski definition) is 3. The van der Waals surface area contributed by atoms with Gasteiger partial charge in [-0.15, -0.1) is 0 Å². The molecule has 1 saturated heterocycles. The number of ether oxygens (including phenoxy) is 2. The molecule has 0 aliphatic carbocycles. The van der Waals surface area contributed by atoms with E-state index in [9.17, 15) is 4.79 Å². The maximum absolute atomic E-state index is 11.5. The highest BCUT2D eigenvalue weighted by Gasteiger charge is 2.18. The van der Waals surface area contributed by atoms with Crippen molar-refractivity contribution in [2.45, 2.75) is 38.9 Å². The van der Waals surface area contributed by atoms with Gasteiger partial charge in [0.05, 0.1) is 12.7 Å². The molecule has 1 amide bonds. The van der Waals surface area contributed by atoms with Gasteiger partial charge in [-0.05, 0) is 34.2 Å². The van der Waals surface area contributed by atoms with Gasteiger partial charge in [0, 0.05) is 39.8 Å². The summed E-state index contributed by atoms with van der Waals surface area (Å²) in [4.78, 5) is 18.0. The summed E-state index contributed by atoms with van der Waals surface area (Å²) in [6.07, 6.45) is 0.572. The molecular weight excluding hydrogens is 310 g/mol. The van der Waals surface area contributed by atoms with Gasteiger partial charge in [-0.3, -0.25) is 4.99 Å². The lowest BCUT2D eigenvalue weighted by molar-refractivity contribution is -0.0161.